The van der Waals surface area contributed by atoms with Crippen molar-refractivity contribution in [1.82, 2.24) is 0 Å². The van der Waals surface area contributed by atoms with Crippen molar-refractivity contribution in [3.05, 3.63) is 35.4 Å². The number of benzene rings is 1. The summed E-state index contributed by atoms with van der Waals surface area (Å²) in [5.41, 5.74) is 1.86. The zero-order valence-corrected chi connectivity index (χ0v) is 14.7. The second kappa shape index (κ2) is 8.03. The van der Waals surface area contributed by atoms with E-state index in [0.29, 0.717) is 11.5 Å². The molecule has 2 heteroatoms. The maximum absolute atomic E-state index is 12.3. The van der Waals surface area contributed by atoms with Crippen molar-refractivity contribution in [2.75, 3.05) is 0 Å². The quantitative estimate of drug-likeness (QED) is 0.579. The van der Waals surface area contributed by atoms with E-state index in [1.807, 2.05) is 31.2 Å². The second-order valence-corrected chi connectivity index (χ2v) is 7.03. The van der Waals surface area contributed by atoms with Crippen LogP contribution >= 0.6 is 0 Å². The highest BCUT2D eigenvalue weighted by Crippen LogP contribution is 2.22. The van der Waals surface area contributed by atoms with Gasteiger partial charge in [-0.15, -0.1) is 0 Å². The van der Waals surface area contributed by atoms with Crippen LogP contribution in [0.25, 0.3) is 0 Å². The molecule has 1 aromatic carbocycles. The third-order valence-electron chi connectivity index (χ3n) is 3.36. The molecule has 0 N–H and O–H groups in total. The van der Waals surface area contributed by atoms with Crippen LogP contribution in [0.4, 0.5) is 0 Å². The first-order valence-electron chi connectivity index (χ1n) is 8.04. The van der Waals surface area contributed by atoms with Crippen LogP contribution in [0.3, 0.4) is 0 Å². The number of rotatable bonds is 4. The minimum Gasteiger partial charge on any atom is -0.446 e. The average Bonchev–Trinajstić information content (AvgIpc) is 2.43. The molecule has 0 amide bonds. The Balaban J connectivity index is 2.81. The average molecular weight is 300 g/mol. The summed E-state index contributed by atoms with van der Waals surface area (Å²) in [5.74, 6) is 6.20. The molecule has 0 fully saturated rings. The molecule has 0 spiro atoms. The number of esters is 1. The van der Waals surface area contributed by atoms with Gasteiger partial charge in [0.15, 0.2) is 6.10 Å². The molecule has 1 atom stereocenters. The minimum absolute atomic E-state index is 0.0786. The van der Waals surface area contributed by atoms with Gasteiger partial charge in [-0.25, -0.2) is 4.79 Å². The molecule has 0 radical (unpaired) electrons. The Morgan fingerprint density at radius 3 is 2.23 bits per heavy atom. The summed E-state index contributed by atoms with van der Waals surface area (Å²) in [7, 11) is 0. The third kappa shape index (κ3) is 5.93. The summed E-state index contributed by atoms with van der Waals surface area (Å²) < 4.78 is 5.56. The van der Waals surface area contributed by atoms with Crippen molar-refractivity contribution in [2.45, 2.75) is 65.9 Å². The van der Waals surface area contributed by atoms with Gasteiger partial charge < -0.3 is 4.74 Å². The Hall–Kier alpha value is -1.75. The Morgan fingerprint density at radius 1 is 1.18 bits per heavy atom. The number of carbonyl (C=O) groups excluding carboxylic acids is 1. The fourth-order valence-electron chi connectivity index (χ4n) is 2.08. The van der Waals surface area contributed by atoms with Gasteiger partial charge in [0.05, 0.1) is 5.56 Å². The number of hydrogen-bond donors (Lipinski definition) is 0. The molecule has 0 bridgehead atoms. The van der Waals surface area contributed by atoms with Gasteiger partial charge in [0.2, 0.25) is 0 Å². The molecule has 0 saturated carbocycles. The fraction of sp³-hybridized carbons (Fsp3) is 0.550. The number of hydrogen-bond acceptors (Lipinski definition) is 2. The van der Waals surface area contributed by atoms with Crippen molar-refractivity contribution >= 4 is 5.97 Å². The molecule has 0 heterocycles. The lowest BCUT2D eigenvalue weighted by atomic mass is 9.87. The predicted octanol–water partition coefficient (Wildman–Crippen LogP) is 4.97. The Kier molecular flexibility index (Phi) is 6.68. The standard InChI is InChI=1S/C20H28O2/c1-7-8-9-18(14-15(2)3)22-19(21)16-10-12-17(13-11-16)20(4,5)6/h10-13,15,18H,7,14H2,1-6H3. The van der Waals surface area contributed by atoms with Gasteiger partial charge in [-0.05, 0) is 35.4 Å². The molecule has 22 heavy (non-hydrogen) atoms. The van der Waals surface area contributed by atoms with E-state index in [0.717, 1.165) is 12.8 Å². The van der Waals surface area contributed by atoms with Crippen molar-refractivity contribution in [3.8, 4) is 11.8 Å². The summed E-state index contributed by atoms with van der Waals surface area (Å²) in [6.07, 6.45) is 1.21. The largest absolute Gasteiger partial charge is 0.446 e. The lowest BCUT2D eigenvalue weighted by Gasteiger charge is -2.19. The highest BCUT2D eigenvalue weighted by Gasteiger charge is 2.17. The van der Waals surface area contributed by atoms with Gasteiger partial charge in [0, 0.05) is 6.42 Å². The van der Waals surface area contributed by atoms with E-state index in [4.69, 9.17) is 4.74 Å². The van der Waals surface area contributed by atoms with E-state index in [9.17, 15) is 4.79 Å². The molecule has 0 aliphatic heterocycles. The summed E-state index contributed by atoms with van der Waals surface area (Å²) in [4.78, 5) is 12.3. The number of carbonyl (C=O) groups is 1. The van der Waals surface area contributed by atoms with Crippen LogP contribution in [0.2, 0.25) is 0 Å². The number of ether oxygens (including phenoxy) is 1. The van der Waals surface area contributed by atoms with Crippen LogP contribution in [0.5, 0.6) is 0 Å². The van der Waals surface area contributed by atoms with E-state index < -0.39 is 0 Å². The Bertz CT molecular complexity index is 536. The van der Waals surface area contributed by atoms with Gasteiger partial charge in [0.25, 0.3) is 0 Å². The van der Waals surface area contributed by atoms with Crippen LogP contribution in [-0.2, 0) is 10.2 Å². The maximum Gasteiger partial charge on any atom is 0.339 e. The first-order valence-corrected chi connectivity index (χ1v) is 8.04. The molecule has 0 aliphatic rings. The van der Waals surface area contributed by atoms with Crippen molar-refractivity contribution in [3.63, 3.8) is 0 Å². The zero-order valence-electron chi connectivity index (χ0n) is 14.7. The van der Waals surface area contributed by atoms with Gasteiger partial charge in [0.1, 0.15) is 0 Å². The SMILES string of the molecule is CCC#CC(CC(C)C)OC(=O)c1ccc(C(C)(C)C)cc1. The zero-order chi connectivity index (χ0) is 16.8. The molecular formula is C20H28O2. The van der Waals surface area contributed by atoms with Gasteiger partial charge >= 0.3 is 5.97 Å². The van der Waals surface area contributed by atoms with Crippen LogP contribution < -0.4 is 0 Å². The molecule has 1 rings (SSSR count). The van der Waals surface area contributed by atoms with Crippen LogP contribution in [0.15, 0.2) is 24.3 Å². The van der Waals surface area contributed by atoms with E-state index in [1.54, 1.807) is 0 Å². The maximum atomic E-state index is 12.3. The molecule has 0 aliphatic carbocycles. The monoisotopic (exact) mass is 300 g/mol. The van der Waals surface area contributed by atoms with E-state index in [2.05, 4.69) is 46.5 Å². The van der Waals surface area contributed by atoms with E-state index >= 15 is 0 Å². The first-order chi connectivity index (χ1) is 10.2. The lowest BCUT2D eigenvalue weighted by Crippen LogP contribution is -2.19. The molecule has 1 aromatic rings. The van der Waals surface area contributed by atoms with Crippen LogP contribution in [0, 0.1) is 17.8 Å². The molecule has 2 nitrogen and oxygen atoms in total. The van der Waals surface area contributed by atoms with E-state index in [-0.39, 0.29) is 17.5 Å². The fourth-order valence-corrected chi connectivity index (χ4v) is 2.08. The molecule has 0 aromatic heterocycles. The topological polar surface area (TPSA) is 26.3 Å². The Morgan fingerprint density at radius 2 is 1.77 bits per heavy atom. The first kappa shape index (κ1) is 18.3. The van der Waals surface area contributed by atoms with Crippen molar-refractivity contribution in [2.24, 2.45) is 5.92 Å². The lowest BCUT2D eigenvalue weighted by molar-refractivity contribution is 0.0377. The van der Waals surface area contributed by atoms with Crippen LogP contribution in [-0.4, -0.2) is 12.1 Å². The normalized spacial score (nSPS) is 12.5. The van der Waals surface area contributed by atoms with Crippen molar-refractivity contribution in [1.29, 1.82) is 0 Å². The summed E-state index contributed by atoms with van der Waals surface area (Å²) in [6.45, 7) is 12.7. The molecule has 120 valence electrons. The Labute approximate surface area is 135 Å². The van der Waals surface area contributed by atoms with Gasteiger partial charge in [-0.1, -0.05) is 65.5 Å². The van der Waals surface area contributed by atoms with Gasteiger partial charge in [-0.3, -0.25) is 0 Å². The smallest absolute Gasteiger partial charge is 0.339 e. The highest BCUT2D eigenvalue weighted by molar-refractivity contribution is 5.89. The van der Waals surface area contributed by atoms with Gasteiger partial charge in [-0.2, -0.15) is 0 Å². The molecule has 1 unspecified atom stereocenters. The van der Waals surface area contributed by atoms with E-state index in [1.165, 1.54) is 5.56 Å². The summed E-state index contributed by atoms with van der Waals surface area (Å²) in [6, 6.07) is 7.66. The highest BCUT2D eigenvalue weighted by atomic mass is 16.5. The summed E-state index contributed by atoms with van der Waals surface area (Å²) in [5, 5.41) is 0. The predicted molar refractivity (Wildman–Crippen MR) is 91.9 cm³/mol. The molecular weight excluding hydrogens is 272 g/mol. The van der Waals surface area contributed by atoms with Crippen LogP contribution in [0.1, 0.15) is 70.3 Å². The molecule has 0 saturated heterocycles. The third-order valence-corrected chi connectivity index (χ3v) is 3.36. The second-order valence-electron chi connectivity index (χ2n) is 7.03. The summed E-state index contributed by atoms with van der Waals surface area (Å²) >= 11 is 0. The minimum atomic E-state index is -0.324. The van der Waals surface area contributed by atoms with Crippen molar-refractivity contribution < 1.29 is 9.53 Å².